The zero-order valence-corrected chi connectivity index (χ0v) is 20.3. The summed E-state index contributed by atoms with van der Waals surface area (Å²) in [6.07, 6.45) is 1.79. The van der Waals surface area contributed by atoms with Gasteiger partial charge >= 0.3 is 6.36 Å². The third-order valence-corrected chi connectivity index (χ3v) is 5.53. The molecule has 0 aliphatic carbocycles. The second kappa shape index (κ2) is 12.9. The number of nitrogens with one attached hydrogen (secondary N) is 1. The molecule has 0 unspecified atom stereocenters. The average Bonchev–Trinajstić information content (AvgIpc) is 2.85. The van der Waals surface area contributed by atoms with Gasteiger partial charge < -0.3 is 10.1 Å². The van der Waals surface area contributed by atoms with Gasteiger partial charge in [-0.3, -0.25) is 9.78 Å². The van der Waals surface area contributed by atoms with Crippen LogP contribution in [0, 0.1) is 0 Å². The Morgan fingerprint density at radius 2 is 1.77 bits per heavy atom. The Labute approximate surface area is 212 Å². The van der Waals surface area contributed by atoms with Crippen LogP contribution in [0.25, 0.3) is 0 Å². The third-order valence-electron chi connectivity index (χ3n) is 4.08. The van der Waals surface area contributed by atoms with Gasteiger partial charge in [0.15, 0.2) is 0 Å². The predicted molar refractivity (Wildman–Crippen MR) is 131 cm³/mol. The molecule has 1 N–H and O–H groups in total. The van der Waals surface area contributed by atoms with E-state index >= 15 is 0 Å². The van der Waals surface area contributed by atoms with E-state index in [1.165, 1.54) is 30.1 Å². The van der Waals surface area contributed by atoms with E-state index < -0.39 is 12.3 Å². The molecule has 0 aliphatic heterocycles. The van der Waals surface area contributed by atoms with Crippen LogP contribution in [0.5, 0.6) is 5.75 Å². The number of amides is 1. The number of rotatable bonds is 6. The maximum atomic E-state index is 12.0. The Bertz CT molecular complexity index is 1210. The molecule has 1 aromatic carbocycles. The van der Waals surface area contributed by atoms with Crippen LogP contribution >= 0.6 is 27.7 Å². The second-order valence-electron chi connectivity index (χ2n) is 6.71. The molecule has 0 atom stereocenters. The van der Waals surface area contributed by atoms with Crippen molar-refractivity contribution in [3.8, 4) is 5.75 Å². The standard InChI is InChI=1S/C13H9F3N2O2.C11H9BrN2S/c14-13(15,16)20-11-5-3-10(4-6-11)18-12(19)9-2-1-7-17-8-9;12-10-7-9(4-6-13-10)8-15-11-3-1-2-5-14-11/h1-8H,(H,18,19);1-7H,8H2. The van der Waals surface area contributed by atoms with Crippen molar-refractivity contribution >= 4 is 39.3 Å². The number of hydrogen-bond acceptors (Lipinski definition) is 6. The smallest absolute Gasteiger partial charge is 0.406 e. The number of benzene rings is 1. The second-order valence-corrected chi connectivity index (χ2v) is 8.52. The molecule has 0 radical (unpaired) electrons. The summed E-state index contributed by atoms with van der Waals surface area (Å²) in [7, 11) is 0. The van der Waals surface area contributed by atoms with Gasteiger partial charge in [0, 0.05) is 36.2 Å². The molecule has 4 aromatic rings. The number of aromatic nitrogens is 3. The molecule has 0 fully saturated rings. The molecule has 0 spiro atoms. The fraction of sp³-hybridized carbons (Fsp3) is 0.0833. The van der Waals surface area contributed by atoms with Crippen LogP contribution < -0.4 is 10.1 Å². The lowest BCUT2D eigenvalue weighted by atomic mass is 10.2. The van der Waals surface area contributed by atoms with Crippen LogP contribution in [0.2, 0.25) is 0 Å². The van der Waals surface area contributed by atoms with Gasteiger partial charge in [-0.05, 0) is 82.2 Å². The fourth-order valence-electron chi connectivity index (χ4n) is 2.56. The zero-order chi connectivity index (χ0) is 25.1. The number of thioether (sulfide) groups is 1. The molecular weight excluding hydrogens is 545 g/mol. The van der Waals surface area contributed by atoms with Gasteiger partial charge in [-0.1, -0.05) is 6.07 Å². The van der Waals surface area contributed by atoms with Gasteiger partial charge in [-0.25, -0.2) is 9.97 Å². The van der Waals surface area contributed by atoms with Crippen LogP contribution in [-0.4, -0.2) is 27.2 Å². The van der Waals surface area contributed by atoms with Crippen molar-refractivity contribution in [2.45, 2.75) is 17.1 Å². The number of alkyl halides is 3. The molecule has 3 aromatic heterocycles. The number of pyridine rings is 3. The van der Waals surface area contributed by atoms with E-state index in [4.69, 9.17) is 0 Å². The molecule has 0 saturated heterocycles. The highest BCUT2D eigenvalue weighted by molar-refractivity contribution is 9.10. The number of carbonyl (C=O) groups excluding carboxylic acids is 1. The quantitative estimate of drug-likeness (QED) is 0.206. The minimum atomic E-state index is -4.74. The van der Waals surface area contributed by atoms with E-state index in [1.54, 1.807) is 30.1 Å². The van der Waals surface area contributed by atoms with Gasteiger partial charge in [-0.15, -0.1) is 24.9 Å². The Hall–Kier alpha value is -3.44. The van der Waals surface area contributed by atoms with Crippen molar-refractivity contribution < 1.29 is 22.7 Å². The molecule has 0 bridgehead atoms. The summed E-state index contributed by atoms with van der Waals surface area (Å²) in [6, 6.07) is 18.0. The lowest BCUT2D eigenvalue weighted by Crippen LogP contribution is -2.17. The van der Waals surface area contributed by atoms with Crippen molar-refractivity contribution in [3.63, 3.8) is 0 Å². The zero-order valence-electron chi connectivity index (χ0n) is 17.9. The van der Waals surface area contributed by atoms with Crippen molar-refractivity contribution in [3.05, 3.63) is 107 Å². The van der Waals surface area contributed by atoms with E-state index in [-0.39, 0.29) is 5.75 Å². The summed E-state index contributed by atoms with van der Waals surface area (Å²) in [6.45, 7) is 0. The highest BCUT2D eigenvalue weighted by Crippen LogP contribution is 2.24. The van der Waals surface area contributed by atoms with Crippen LogP contribution in [-0.2, 0) is 5.75 Å². The average molecular weight is 563 g/mol. The van der Waals surface area contributed by atoms with Crippen LogP contribution in [0.15, 0.2) is 101 Å². The molecule has 6 nitrogen and oxygen atoms in total. The van der Waals surface area contributed by atoms with Gasteiger partial charge in [0.1, 0.15) is 10.4 Å². The maximum Gasteiger partial charge on any atom is 0.573 e. The molecule has 0 aliphatic rings. The molecule has 35 heavy (non-hydrogen) atoms. The molecular formula is C24H18BrF3N4O2S. The van der Waals surface area contributed by atoms with Gasteiger partial charge in [0.2, 0.25) is 0 Å². The first-order valence-corrected chi connectivity index (χ1v) is 11.8. The van der Waals surface area contributed by atoms with E-state index in [1.807, 2.05) is 36.5 Å². The first-order chi connectivity index (χ1) is 16.8. The Balaban J connectivity index is 0.000000203. The number of nitrogens with zero attached hydrogens (tertiary/aromatic N) is 3. The van der Waals surface area contributed by atoms with E-state index in [2.05, 4.69) is 40.9 Å². The van der Waals surface area contributed by atoms with E-state index in [0.29, 0.717) is 11.3 Å². The van der Waals surface area contributed by atoms with Crippen molar-refractivity contribution in [1.29, 1.82) is 0 Å². The molecule has 1 amide bonds. The van der Waals surface area contributed by atoms with Crippen LogP contribution in [0.4, 0.5) is 18.9 Å². The number of halogens is 4. The number of anilines is 1. The highest BCUT2D eigenvalue weighted by atomic mass is 79.9. The Kier molecular flexibility index (Phi) is 9.62. The molecule has 4 rings (SSSR count). The summed E-state index contributed by atoms with van der Waals surface area (Å²) >= 11 is 5.07. The monoisotopic (exact) mass is 562 g/mol. The molecule has 0 saturated carbocycles. The normalized spacial score (nSPS) is 10.6. The molecule has 180 valence electrons. The van der Waals surface area contributed by atoms with Crippen molar-refractivity contribution in [2.75, 3.05) is 5.32 Å². The first-order valence-electron chi connectivity index (χ1n) is 10.00. The minimum absolute atomic E-state index is 0.350. The summed E-state index contributed by atoms with van der Waals surface area (Å²) in [5.41, 5.74) is 1.95. The van der Waals surface area contributed by atoms with Crippen LogP contribution in [0.3, 0.4) is 0 Å². The van der Waals surface area contributed by atoms with Gasteiger partial charge in [0.25, 0.3) is 5.91 Å². The molecule has 11 heteroatoms. The van der Waals surface area contributed by atoms with Gasteiger partial charge in [0.05, 0.1) is 10.6 Å². The fourth-order valence-corrected chi connectivity index (χ4v) is 3.78. The summed E-state index contributed by atoms with van der Waals surface area (Å²) in [5, 5.41) is 3.58. The lowest BCUT2D eigenvalue weighted by Gasteiger charge is -2.09. The Morgan fingerprint density at radius 1 is 0.971 bits per heavy atom. The largest absolute Gasteiger partial charge is 0.573 e. The van der Waals surface area contributed by atoms with Crippen LogP contribution in [0.1, 0.15) is 15.9 Å². The molecule has 3 heterocycles. The topological polar surface area (TPSA) is 77.0 Å². The summed E-state index contributed by atoms with van der Waals surface area (Å²) < 4.78 is 40.5. The Morgan fingerprint density at radius 3 is 2.40 bits per heavy atom. The number of hydrogen-bond donors (Lipinski definition) is 1. The summed E-state index contributed by atoms with van der Waals surface area (Å²) in [5.74, 6) is 0.164. The minimum Gasteiger partial charge on any atom is -0.406 e. The van der Waals surface area contributed by atoms with Crippen molar-refractivity contribution in [2.24, 2.45) is 0 Å². The van der Waals surface area contributed by atoms with E-state index in [9.17, 15) is 18.0 Å². The predicted octanol–water partition coefficient (Wildman–Crippen LogP) is 6.76. The maximum absolute atomic E-state index is 12.0. The lowest BCUT2D eigenvalue weighted by molar-refractivity contribution is -0.274. The van der Waals surface area contributed by atoms with Crippen molar-refractivity contribution in [1.82, 2.24) is 15.0 Å². The third kappa shape index (κ3) is 9.75. The summed E-state index contributed by atoms with van der Waals surface area (Å²) in [4.78, 5) is 23.9. The highest BCUT2D eigenvalue weighted by Gasteiger charge is 2.30. The number of ether oxygens (including phenoxy) is 1. The SMILES string of the molecule is Brc1cc(CSc2ccccn2)ccn1.O=C(Nc1ccc(OC(F)(F)F)cc1)c1cccnc1. The number of carbonyl (C=O) groups is 1. The first kappa shape index (κ1) is 26.2. The van der Waals surface area contributed by atoms with Gasteiger partial charge in [-0.2, -0.15) is 0 Å². The van der Waals surface area contributed by atoms with E-state index in [0.717, 1.165) is 27.5 Å².